The molecule has 0 heterocycles. The van der Waals surface area contributed by atoms with Gasteiger partial charge in [-0.2, -0.15) is 4.31 Å². The zero-order valence-corrected chi connectivity index (χ0v) is 15.4. The van der Waals surface area contributed by atoms with E-state index in [1.807, 2.05) is 31.2 Å². The van der Waals surface area contributed by atoms with E-state index in [1.165, 1.54) is 17.0 Å². The summed E-state index contributed by atoms with van der Waals surface area (Å²) in [5.74, 6) is 0.167. The highest BCUT2D eigenvalue weighted by Gasteiger charge is 2.22. The molecule has 1 fully saturated rings. The fourth-order valence-electron chi connectivity index (χ4n) is 3.15. The van der Waals surface area contributed by atoms with Crippen LogP contribution in [0.1, 0.15) is 43.2 Å². The predicted octanol–water partition coefficient (Wildman–Crippen LogP) is 2.45. The first-order valence-electron chi connectivity index (χ1n) is 8.65. The number of carbonyl (C=O) groups is 1. The summed E-state index contributed by atoms with van der Waals surface area (Å²) in [6.07, 6.45) is 6.55. The molecule has 0 aromatic heterocycles. The Morgan fingerprint density at radius 2 is 1.88 bits per heavy atom. The van der Waals surface area contributed by atoms with Crippen LogP contribution in [0.15, 0.2) is 24.3 Å². The summed E-state index contributed by atoms with van der Waals surface area (Å²) >= 11 is 0. The first kappa shape index (κ1) is 18.9. The fraction of sp³-hybridized carbons (Fsp3) is 0.611. The largest absolute Gasteiger partial charge is 0.355 e. The molecule has 0 radical (unpaired) electrons. The molecule has 1 aliphatic carbocycles. The maximum absolute atomic E-state index is 12.2. The van der Waals surface area contributed by atoms with Crippen molar-refractivity contribution >= 4 is 15.9 Å². The number of hydrogen-bond acceptors (Lipinski definition) is 3. The second-order valence-electron chi connectivity index (χ2n) is 6.65. The maximum atomic E-state index is 12.2. The van der Waals surface area contributed by atoms with Crippen LogP contribution in [0.5, 0.6) is 0 Å². The van der Waals surface area contributed by atoms with E-state index in [2.05, 4.69) is 5.32 Å². The normalized spacial score (nSPS) is 16.3. The van der Waals surface area contributed by atoms with Crippen LogP contribution in [-0.2, 0) is 21.4 Å². The average molecular weight is 353 g/mol. The molecule has 1 aromatic rings. The van der Waals surface area contributed by atoms with E-state index in [0.29, 0.717) is 19.6 Å². The third-order valence-corrected chi connectivity index (χ3v) is 5.96. The number of hydrogen-bond donors (Lipinski definition) is 1. The molecular formula is C18H28N2O3S. The lowest BCUT2D eigenvalue weighted by Crippen LogP contribution is -2.40. The van der Waals surface area contributed by atoms with Gasteiger partial charge in [-0.15, -0.1) is 0 Å². The molecule has 1 aliphatic rings. The molecule has 0 atom stereocenters. The molecular weight excluding hydrogens is 324 g/mol. The van der Waals surface area contributed by atoms with Gasteiger partial charge in [-0.05, 0) is 30.9 Å². The highest BCUT2D eigenvalue weighted by atomic mass is 32.2. The van der Waals surface area contributed by atoms with Crippen molar-refractivity contribution in [3.8, 4) is 0 Å². The monoisotopic (exact) mass is 352 g/mol. The summed E-state index contributed by atoms with van der Waals surface area (Å²) in [6.45, 7) is 2.96. The smallest absolute Gasteiger partial charge is 0.223 e. The van der Waals surface area contributed by atoms with Gasteiger partial charge in [0.15, 0.2) is 0 Å². The number of amides is 1. The topological polar surface area (TPSA) is 66.5 Å². The number of rotatable bonds is 7. The van der Waals surface area contributed by atoms with Crippen molar-refractivity contribution in [2.75, 3.05) is 19.3 Å². The second kappa shape index (κ2) is 8.62. The molecule has 5 nitrogen and oxygen atoms in total. The van der Waals surface area contributed by atoms with Crippen LogP contribution in [0.2, 0.25) is 0 Å². The summed E-state index contributed by atoms with van der Waals surface area (Å²) in [5.41, 5.74) is 2.05. The number of sulfonamides is 1. The van der Waals surface area contributed by atoms with E-state index in [9.17, 15) is 13.2 Å². The zero-order chi connectivity index (χ0) is 17.6. The van der Waals surface area contributed by atoms with E-state index in [0.717, 1.165) is 36.8 Å². The van der Waals surface area contributed by atoms with Gasteiger partial charge in [-0.1, -0.05) is 43.5 Å². The molecule has 0 bridgehead atoms. The summed E-state index contributed by atoms with van der Waals surface area (Å²) < 4.78 is 25.5. The summed E-state index contributed by atoms with van der Waals surface area (Å²) in [7, 11) is -3.32. The quantitative estimate of drug-likeness (QED) is 0.820. The van der Waals surface area contributed by atoms with Crippen LogP contribution >= 0.6 is 0 Å². The van der Waals surface area contributed by atoms with Gasteiger partial charge in [0.05, 0.1) is 6.26 Å². The number of nitrogens with zero attached hydrogens (tertiary/aromatic N) is 1. The SMILES string of the molecule is Cc1ccccc1CN(CCNC(=O)C1CCCCC1)S(C)(=O)=O. The summed E-state index contributed by atoms with van der Waals surface area (Å²) in [5, 5.41) is 2.91. The van der Waals surface area contributed by atoms with E-state index in [1.54, 1.807) is 0 Å². The van der Waals surface area contributed by atoms with Crippen LogP contribution in [0, 0.1) is 12.8 Å². The van der Waals surface area contributed by atoms with Gasteiger partial charge >= 0.3 is 0 Å². The lowest BCUT2D eigenvalue weighted by atomic mass is 9.89. The van der Waals surface area contributed by atoms with Gasteiger partial charge in [-0.25, -0.2) is 8.42 Å². The van der Waals surface area contributed by atoms with E-state index >= 15 is 0 Å². The van der Waals surface area contributed by atoms with Crippen LogP contribution < -0.4 is 5.32 Å². The maximum Gasteiger partial charge on any atom is 0.223 e. The van der Waals surface area contributed by atoms with E-state index < -0.39 is 10.0 Å². The Labute approximate surface area is 145 Å². The second-order valence-corrected chi connectivity index (χ2v) is 8.63. The van der Waals surface area contributed by atoms with Crippen LogP contribution in [0.4, 0.5) is 0 Å². The molecule has 24 heavy (non-hydrogen) atoms. The van der Waals surface area contributed by atoms with Crippen LogP contribution in [0.3, 0.4) is 0 Å². The third-order valence-electron chi connectivity index (χ3n) is 4.71. The van der Waals surface area contributed by atoms with Crippen LogP contribution in [0.25, 0.3) is 0 Å². The highest BCUT2D eigenvalue weighted by Crippen LogP contribution is 2.23. The molecule has 134 valence electrons. The molecule has 1 N–H and O–H groups in total. The fourth-order valence-corrected chi connectivity index (χ4v) is 3.95. The minimum Gasteiger partial charge on any atom is -0.355 e. The predicted molar refractivity (Wildman–Crippen MR) is 96.0 cm³/mol. The Balaban J connectivity index is 1.90. The van der Waals surface area contributed by atoms with Crippen molar-refractivity contribution in [3.05, 3.63) is 35.4 Å². The third kappa shape index (κ3) is 5.60. The first-order chi connectivity index (χ1) is 11.4. The minimum atomic E-state index is -3.32. The molecule has 0 saturated heterocycles. The molecule has 1 amide bonds. The molecule has 2 rings (SSSR count). The molecule has 1 saturated carbocycles. The van der Waals surface area contributed by atoms with Gasteiger partial charge < -0.3 is 5.32 Å². The Bertz CT molecular complexity index is 652. The molecule has 0 aliphatic heterocycles. The number of nitrogens with one attached hydrogen (secondary N) is 1. The van der Waals surface area contributed by atoms with Gasteiger partial charge in [-0.3, -0.25) is 4.79 Å². The number of aryl methyl sites for hydroxylation is 1. The Morgan fingerprint density at radius 1 is 1.21 bits per heavy atom. The number of benzene rings is 1. The van der Waals surface area contributed by atoms with Gasteiger partial charge in [0, 0.05) is 25.6 Å². The Hall–Kier alpha value is -1.40. The summed E-state index contributed by atoms with van der Waals surface area (Å²) in [4.78, 5) is 12.2. The van der Waals surface area contributed by atoms with Crippen molar-refractivity contribution in [2.24, 2.45) is 5.92 Å². The average Bonchev–Trinajstić information content (AvgIpc) is 2.55. The highest BCUT2D eigenvalue weighted by molar-refractivity contribution is 7.88. The first-order valence-corrected chi connectivity index (χ1v) is 10.5. The molecule has 6 heteroatoms. The van der Waals surface area contributed by atoms with Crippen molar-refractivity contribution in [3.63, 3.8) is 0 Å². The Morgan fingerprint density at radius 3 is 2.50 bits per heavy atom. The van der Waals surface area contributed by atoms with Gasteiger partial charge in [0.25, 0.3) is 0 Å². The standard InChI is InChI=1S/C18H28N2O3S/c1-15-8-6-7-11-17(15)14-20(24(2,22)23)13-12-19-18(21)16-9-4-3-5-10-16/h6-8,11,16H,3-5,9-10,12-14H2,1-2H3,(H,19,21). The molecule has 0 unspecified atom stereocenters. The Kier molecular flexibility index (Phi) is 6.80. The summed E-state index contributed by atoms with van der Waals surface area (Å²) in [6, 6.07) is 7.76. The van der Waals surface area contributed by atoms with Crippen LogP contribution in [-0.4, -0.2) is 38.0 Å². The van der Waals surface area contributed by atoms with Crippen molar-refractivity contribution in [1.29, 1.82) is 0 Å². The van der Waals surface area contributed by atoms with Gasteiger partial charge in [0.1, 0.15) is 0 Å². The van der Waals surface area contributed by atoms with E-state index in [4.69, 9.17) is 0 Å². The van der Waals surface area contributed by atoms with Gasteiger partial charge in [0.2, 0.25) is 15.9 Å². The van der Waals surface area contributed by atoms with Crippen molar-refractivity contribution in [1.82, 2.24) is 9.62 Å². The van der Waals surface area contributed by atoms with Crippen molar-refractivity contribution in [2.45, 2.75) is 45.6 Å². The lowest BCUT2D eigenvalue weighted by molar-refractivity contribution is -0.125. The zero-order valence-electron chi connectivity index (χ0n) is 14.6. The number of carbonyl (C=O) groups excluding carboxylic acids is 1. The lowest BCUT2D eigenvalue weighted by Gasteiger charge is -2.23. The molecule has 0 spiro atoms. The van der Waals surface area contributed by atoms with E-state index in [-0.39, 0.29) is 11.8 Å². The van der Waals surface area contributed by atoms with Crippen molar-refractivity contribution < 1.29 is 13.2 Å². The molecule has 1 aromatic carbocycles. The minimum absolute atomic E-state index is 0.0686.